The first-order valence-electron chi connectivity index (χ1n) is 16.3. The number of fused-ring (bicyclic) bond motifs is 2. The van der Waals surface area contributed by atoms with Gasteiger partial charge in [0.05, 0.1) is 39.2 Å². The van der Waals surface area contributed by atoms with E-state index in [1.165, 1.54) is 12.1 Å². The predicted octanol–water partition coefficient (Wildman–Crippen LogP) is 8.06. The predicted molar refractivity (Wildman–Crippen MR) is 184 cm³/mol. The number of ether oxygens (including phenoxy) is 1. The summed E-state index contributed by atoms with van der Waals surface area (Å²) in [6.45, 7) is 17.9. The first-order valence-corrected chi connectivity index (χ1v) is 16.3. The number of allylic oxidation sites excluding steroid dienone is 5. The molecule has 0 N–H and O–H groups in total. The fourth-order valence-corrected chi connectivity index (χ4v) is 7.09. The van der Waals surface area contributed by atoms with Crippen LogP contribution in [0.1, 0.15) is 79.4 Å². The van der Waals surface area contributed by atoms with Crippen molar-refractivity contribution < 1.29 is 24.0 Å². The number of carbonyl (C=O) groups excluding carboxylic acids is 1. The Labute approximate surface area is 276 Å². The number of methoxy groups -OCH3 is 1. The van der Waals surface area contributed by atoms with Gasteiger partial charge in [0.1, 0.15) is 17.9 Å². The van der Waals surface area contributed by atoms with Crippen LogP contribution in [0.25, 0.3) is 0 Å². The Hall–Kier alpha value is -4.60. The Morgan fingerprint density at radius 3 is 2.21 bits per heavy atom. The van der Waals surface area contributed by atoms with E-state index in [0.717, 1.165) is 41.2 Å². The zero-order chi connectivity index (χ0) is 34.6. The molecule has 0 atom stereocenters. The third kappa shape index (κ3) is 5.68. The normalized spacial score (nSPS) is 19.6. The van der Waals surface area contributed by atoms with E-state index < -0.39 is 10.8 Å². The van der Waals surface area contributed by atoms with Gasteiger partial charge in [0, 0.05) is 54.4 Å². The van der Waals surface area contributed by atoms with Crippen molar-refractivity contribution in [3.8, 4) is 0 Å². The Balaban J connectivity index is 1.64. The first kappa shape index (κ1) is 33.8. The van der Waals surface area contributed by atoms with Crippen LogP contribution in [0.5, 0.6) is 0 Å². The minimum absolute atomic E-state index is 0.0246. The molecule has 0 amide bonds. The summed E-state index contributed by atoms with van der Waals surface area (Å²) in [5.74, 6) is 1.10. The van der Waals surface area contributed by atoms with Gasteiger partial charge in [0.2, 0.25) is 11.5 Å². The Morgan fingerprint density at radius 1 is 0.936 bits per heavy atom. The van der Waals surface area contributed by atoms with Crippen LogP contribution >= 0.6 is 0 Å². The molecule has 10 heteroatoms. The number of ketones is 1. The Kier molecular flexibility index (Phi) is 8.77. The molecule has 2 aromatic carbocycles. The molecular weight excluding hydrogens is 596 g/mol. The molecule has 10 nitrogen and oxygen atoms in total. The monoisotopic (exact) mass is 641 g/mol. The number of carbonyl (C=O) groups is 1. The fourth-order valence-electron chi connectivity index (χ4n) is 7.09. The number of rotatable bonds is 11. The molecular formula is C37H45N4O6+. The molecule has 2 aromatic rings. The van der Waals surface area contributed by atoms with Crippen molar-refractivity contribution in [3.05, 3.63) is 103 Å². The summed E-state index contributed by atoms with van der Waals surface area (Å²) in [4.78, 5) is 39.2. The molecule has 1 aliphatic carbocycles. The molecule has 3 aliphatic rings. The summed E-state index contributed by atoms with van der Waals surface area (Å²) >= 11 is 0. The van der Waals surface area contributed by atoms with Crippen molar-refractivity contribution >= 4 is 34.2 Å². The zero-order valence-corrected chi connectivity index (χ0v) is 28.8. The maximum absolute atomic E-state index is 14.0. The van der Waals surface area contributed by atoms with Crippen molar-refractivity contribution in [2.24, 2.45) is 11.8 Å². The minimum Gasteiger partial charge on any atom is -0.495 e. The molecule has 0 unspecified atom stereocenters. The number of nitro groups is 2. The molecule has 2 heterocycles. The number of anilines is 1. The summed E-state index contributed by atoms with van der Waals surface area (Å²) in [6, 6.07) is 10.1. The summed E-state index contributed by atoms with van der Waals surface area (Å²) in [5.41, 5.74) is 4.53. The summed E-state index contributed by atoms with van der Waals surface area (Å²) in [7, 11) is 1.54. The molecule has 0 saturated heterocycles. The maximum atomic E-state index is 14.0. The Bertz CT molecular complexity index is 1810. The maximum Gasteiger partial charge on any atom is 0.280 e. The second-order valence-electron chi connectivity index (χ2n) is 14.6. The largest absolute Gasteiger partial charge is 0.495 e. The number of nitrogens with zero attached hydrogens (tertiary/aromatic N) is 4. The lowest BCUT2D eigenvalue weighted by Crippen LogP contribution is -2.33. The lowest BCUT2D eigenvalue weighted by Gasteiger charge is -2.30. The van der Waals surface area contributed by atoms with Gasteiger partial charge < -0.3 is 9.64 Å². The molecule has 2 aliphatic heterocycles. The van der Waals surface area contributed by atoms with E-state index in [-0.39, 0.29) is 27.0 Å². The van der Waals surface area contributed by atoms with Crippen LogP contribution in [-0.2, 0) is 20.4 Å². The van der Waals surface area contributed by atoms with E-state index in [0.29, 0.717) is 47.4 Å². The van der Waals surface area contributed by atoms with E-state index >= 15 is 0 Å². The van der Waals surface area contributed by atoms with Gasteiger partial charge >= 0.3 is 0 Å². The van der Waals surface area contributed by atoms with Crippen LogP contribution in [-0.4, -0.2) is 46.1 Å². The van der Waals surface area contributed by atoms with Gasteiger partial charge in [-0.15, -0.1) is 0 Å². The highest BCUT2D eigenvalue weighted by Gasteiger charge is 2.51. The van der Waals surface area contributed by atoms with E-state index in [1.54, 1.807) is 19.2 Å². The summed E-state index contributed by atoms with van der Waals surface area (Å²) in [5, 5.41) is 23.8. The van der Waals surface area contributed by atoms with Crippen molar-refractivity contribution in [3.63, 3.8) is 0 Å². The van der Waals surface area contributed by atoms with Gasteiger partial charge in [-0.25, -0.2) is 0 Å². The van der Waals surface area contributed by atoms with Gasteiger partial charge in [-0.3, -0.25) is 25.0 Å². The van der Waals surface area contributed by atoms with Gasteiger partial charge in [0.15, 0.2) is 5.71 Å². The highest BCUT2D eigenvalue weighted by molar-refractivity contribution is 6.24. The molecule has 0 fully saturated rings. The van der Waals surface area contributed by atoms with Gasteiger partial charge in [-0.05, 0) is 55.9 Å². The Morgan fingerprint density at radius 2 is 1.62 bits per heavy atom. The molecule has 47 heavy (non-hydrogen) atoms. The smallest absolute Gasteiger partial charge is 0.280 e. The average molecular weight is 642 g/mol. The minimum atomic E-state index is -0.742. The fraction of sp³-hybridized carbons (Fsp3) is 0.459. The number of non-ortho nitro benzene ring substituents is 1. The van der Waals surface area contributed by atoms with E-state index in [9.17, 15) is 25.0 Å². The van der Waals surface area contributed by atoms with Crippen LogP contribution in [0.15, 0.2) is 71.2 Å². The average Bonchev–Trinajstić information content (AvgIpc) is 3.35. The molecule has 0 bridgehead atoms. The number of Topliss-reactive ketones (excluding diaryl/α,β-unsaturated/α-hetero) is 1. The van der Waals surface area contributed by atoms with Gasteiger partial charge in [-0.1, -0.05) is 41.5 Å². The number of hydrogen-bond donors (Lipinski definition) is 0. The molecule has 248 valence electrons. The van der Waals surface area contributed by atoms with Gasteiger partial charge in [0.25, 0.3) is 11.4 Å². The van der Waals surface area contributed by atoms with Crippen LogP contribution < -0.4 is 4.90 Å². The molecule has 0 aromatic heterocycles. The molecule has 0 spiro atoms. The number of nitro benzene ring substituents is 2. The molecule has 5 rings (SSSR count). The van der Waals surface area contributed by atoms with Crippen molar-refractivity contribution in [2.45, 2.75) is 79.1 Å². The summed E-state index contributed by atoms with van der Waals surface area (Å²) in [6.07, 6.45) is 5.45. The van der Waals surface area contributed by atoms with E-state index in [4.69, 9.17) is 4.74 Å². The van der Waals surface area contributed by atoms with Crippen LogP contribution in [0.3, 0.4) is 0 Å². The van der Waals surface area contributed by atoms with Crippen LogP contribution in [0.2, 0.25) is 0 Å². The molecule has 0 radical (unpaired) electrons. The second-order valence-corrected chi connectivity index (χ2v) is 14.6. The third-order valence-electron chi connectivity index (χ3n) is 9.76. The van der Waals surface area contributed by atoms with Crippen LogP contribution in [0.4, 0.5) is 22.7 Å². The highest BCUT2D eigenvalue weighted by atomic mass is 16.6. The van der Waals surface area contributed by atoms with Gasteiger partial charge in [-0.2, -0.15) is 4.58 Å². The standard InChI is InChI=1S/C37H45N4O6/c1-22(2)15-17-38-28-11-10-12-29(41(45)46)33(28)37(7,8)32(38)21-26-34(42)25(35(26)47-9)20-31-36(5,6)27-14-13-24(40(43)44)19-30(27)39(31)18-16-23(3)4/h10-14,19-23H,15-18H2,1-9H3/q+1. The quantitative estimate of drug-likeness (QED) is 0.105. The lowest BCUT2D eigenvalue weighted by atomic mass is 9.77. The SMILES string of the molecule is COC1=C(/C=C2/N(CCC(C)C)c3cc([N+](=O)[O-])ccc3C2(C)C)C(=O)/C1=C\C1=[N+](CCC(C)C)c2cccc([N+](=O)[O-])c2C1(C)C. The van der Waals surface area contributed by atoms with E-state index in [2.05, 4.69) is 51.0 Å². The summed E-state index contributed by atoms with van der Waals surface area (Å²) < 4.78 is 7.99. The molecule has 0 saturated carbocycles. The van der Waals surface area contributed by atoms with Crippen LogP contribution in [0, 0.1) is 32.1 Å². The number of benzene rings is 2. The highest BCUT2D eigenvalue weighted by Crippen LogP contribution is 2.51. The number of hydrogen-bond acceptors (Lipinski definition) is 7. The van der Waals surface area contributed by atoms with Crippen molar-refractivity contribution in [1.29, 1.82) is 0 Å². The van der Waals surface area contributed by atoms with Crippen molar-refractivity contribution in [2.75, 3.05) is 25.1 Å². The topological polar surface area (TPSA) is 119 Å². The third-order valence-corrected chi connectivity index (χ3v) is 9.76. The lowest BCUT2D eigenvalue weighted by molar-refractivity contribution is -0.440. The first-order chi connectivity index (χ1) is 22.0. The second kappa shape index (κ2) is 12.2. The van der Waals surface area contributed by atoms with Crippen molar-refractivity contribution in [1.82, 2.24) is 0 Å². The van der Waals surface area contributed by atoms with E-state index in [1.807, 2.05) is 38.1 Å². The zero-order valence-electron chi connectivity index (χ0n) is 28.8.